The Bertz CT molecular complexity index is 401. The van der Waals surface area contributed by atoms with Gasteiger partial charge in [-0.05, 0) is 43.4 Å². The van der Waals surface area contributed by atoms with Crippen LogP contribution in [-0.2, 0) is 9.53 Å². The molecule has 0 fully saturated rings. The summed E-state index contributed by atoms with van der Waals surface area (Å²) in [6.45, 7) is 2.14. The molecule has 0 aromatic heterocycles. The van der Waals surface area contributed by atoms with E-state index in [-0.39, 0.29) is 11.8 Å². The first-order chi connectivity index (χ1) is 9.63. The zero-order chi connectivity index (χ0) is 14.8. The second-order valence-corrected chi connectivity index (χ2v) is 6.46. The van der Waals surface area contributed by atoms with Crippen LogP contribution in [0.3, 0.4) is 0 Å². The van der Waals surface area contributed by atoms with Crippen molar-refractivity contribution in [3.63, 3.8) is 0 Å². The average molecular weight is 317 g/mol. The van der Waals surface area contributed by atoms with Crippen LogP contribution in [-0.4, -0.2) is 35.9 Å². The van der Waals surface area contributed by atoms with Crippen LogP contribution in [0.1, 0.15) is 13.3 Å². The second kappa shape index (κ2) is 10.1. The minimum Gasteiger partial charge on any atom is -0.465 e. The lowest BCUT2D eigenvalue weighted by Crippen LogP contribution is -2.32. The molecule has 1 aromatic rings. The Hall–Kier alpha value is -0.720. The van der Waals surface area contributed by atoms with Gasteiger partial charge in [0, 0.05) is 16.4 Å². The number of nitrogens with two attached hydrogens (primary N) is 1. The molecule has 2 N–H and O–H groups in total. The van der Waals surface area contributed by atoms with Crippen LogP contribution < -0.4 is 5.73 Å². The van der Waals surface area contributed by atoms with Crippen LogP contribution in [0.25, 0.3) is 0 Å². The topological polar surface area (TPSA) is 52.3 Å². The third-order valence-electron chi connectivity index (χ3n) is 2.47. The summed E-state index contributed by atoms with van der Waals surface area (Å²) in [6.07, 6.45) is 0.630. The zero-order valence-electron chi connectivity index (χ0n) is 11.5. The Morgan fingerprint density at radius 1 is 1.30 bits per heavy atom. The Morgan fingerprint density at radius 3 is 2.65 bits per heavy atom. The summed E-state index contributed by atoms with van der Waals surface area (Å²) in [5, 5.41) is 0. The molecule has 0 aliphatic rings. The van der Waals surface area contributed by atoms with E-state index in [0.29, 0.717) is 13.0 Å². The monoisotopic (exact) mass is 317 g/mol. The van der Waals surface area contributed by atoms with Crippen molar-refractivity contribution in [2.45, 2.75) is 24.3 Å². The molecular weight excluding hydrogens is 297 g/mol. The van der Waals surface area contributed by atoms with Gasteiger partial charge in [0.05, 0.1) is 6.61 Å². The standard InChI is InChI=1S/C14H20FNO2S2/c1-2-18-14(17)13(16)7-8-19-9-10-20-12-5-3-11(15)4-6-12/h3-6,13H,2,7-10,16H2,1H3. The Labute approximate surface area is 127 Å². The largest absolute Gasteiger partial charge is 0.465 e. The molecule has 0 radical (unpaired) electrons. The van der Waals surface area contributed by atoms with E-state index in [1.165, 1.54) is 12.1 Å². The van der Waals surface area contributed by atoms with Gasteiger partial charge in [-0.25, -0.2) is 4.39 Å². The minimum atomic E-state index is -0.521. The molecule has 0 amide bonds. The average Bonchev–Trinajstić information content (AvgIpc) is 2.44. The number of esters is 1. The maximum atomic E-state index is 12.7. The third-order valence-corrected chi connectivity index (χ3v) is 4.76. The van der Waals surface area contributed by atoms with Gasteiger partial charge in [-0.2, -0.15) is 11.8 Å². The van der Waals surface area contributed by atoms with E-state index in [1.807, 2.05) is 0 Å². The van der Waals surface area contributed by atoms with E-state index >= 15 is 0 Å². The minimum absolute atomic E-state index is 0.211. The predicted octanol–water partition coefficient (Wildman–Crippen LogP) is 2.93. The van der Waals surface area contributed by atoms with Crippen LogP contribution in [0.15, 0.2) is 29.2 Å². The van der Waals surface area contributed by atoms with Crippen LogP contribution in [0.4, 0.5) is 4.39 Å². The number of rotatable bonds is 9. The number of ether oxygens (including phenoxy) is 1. The molecule has 3 nitrogen and oxygen atoms in total. The lowest BCUT2D eigenvalue weighted by molar-refractivity contribution is -0.144. The number of benzene rings is 1. The lowest BCUT2D eigenvalue weighted by atomic mass is 10.2. The zero-order valence-corrected chi connectivity index (χ0v) is 13.1. The van der Waals surface area contributed by atoms with E-state index < -0.39 is 6.04 Å². The van der Waals surface area contributed by atoms with Gasteiger partial charge in [0.1, 0.15) is 11.9 Å². The highest BCUT2D eigenvalue weighted by Gasteiger charge is 2.13. The molecule has 6 heteroatoms. The van der Waals surface area contributed by atoms with Crippen molar-refractivity contribution in [2.75, 3.05) is 23.9 Å². The van der Waals surface area contributed by atoms with Gasteiger partial charge >= 0.3 is 5.97 Å². The van der Waals surface area contributed by atoms with Crippen LogP contribution in [0, 0.1) is 5.82 Å². The van der Waals surface area contributed by atoms with Gasteiger partial charge in [0.2, 0.25) is 0 Å². The summed E-state index contributed by atoms with van der Waals surface area (Å²) < 4.78 is 17.5. The maximum Gasteiger partial charge on any atom is 0.322 e. The fraction of sp³-hybridized carbons (Fsp3) is 0.500. The number of hydrogen-bond donors (Lipinski definition) is 1. The maximum absolute atomic E-state index is 12.7. The molecule has 0 heterocycles. The van der Waals surface area contributed by atoms with Crippen molar-refractivity contribution in [2.24, 2.45) is 5.73 Å². The van der Waals surface area contributed by atoms with Gasteiger partial charge in [-0.3, -0.25) is 4.79 Å². The molecule has 0 bridgehead atoms. The molecule has 0 aliphatic carbocycles. The summed E-state index contributed by atoms with van der Waals surface area (Å²) in [4.78, 5) is 12.3. The van der Waals surface area contributed by atoms with E-state index in [2.05, 4.69) is 0 Å². The predicted molar refractivity (Wildman–Crippen MR) is 83.7 cm³/mol. The fourth-order valence-corrected chi connectivity index (χ4v) is 3.42. The van der Waals surface area contributed by atoms with Crippen LogP contribution in [0.2, 0.25) is 0 Å². The second-order valence-electron chi connectivity index (χ2n) is 4.06. The molecule has 0 saturated heterocycles. The summed E-state index contributed by atoms with van der Waals surface area (Å²) in [6, 6.07) is 5.97. The Balaban J connectivity index is 2.05. The van der Waals surface area contributed by atoms with E-state index in [9.17, 15) is 9.18 Å². The van der Waals surface area contributed by atoms with Gasteiger partial charge in [0.25, 0.3) is 0 Å². The summed E-state index contributed by atoms with van der Waals surface area (Å²) in [7, 11) is 0. The van der Waals surface area contributed by atoms with Gasteiger partial charge in [-0.1, -0.05) is 0 Å². The molecule has 1 rings (SSSR count). The third kappa shape index (κ3) is 7.17. The highest BCUT2D eigenvalue weighted by Crippen LogP contribution is 2.19. The molecule has 112 valence electrons. The van der Waals surface area contributed by atoms with Crippen molar-refractivity contribution in [1.29, 1.82) is 0 Å². The Morgan fingerprint density at radius 2 is 2.00 bits per heavy atom. The molecule has 0 spiro atoms. The van der Waals surface area contributed by atoms with Gasteiger partial charge < -0.3 is 10.5 Å². The first-order valence-corrected chi connectivity index (χ1v) is 8.66. The van der Waals surface area contributed by atoms with Gasteiger partial charge in [0.15, 0.2) is 0 Å². The molecule has 0 saturated carbocycles. The van der Waals surface area contributed by atoms with Crippen molar-refractivity contribution < 1.29 is 13.9 Å². The Kier molecular flexibility index (Phi) is 8.73. The highest BCUT2D eigenvalue weighted by atomic mass is 32.2. The molecule has 0 aliphatic heterocycles. The number of halogens is 1. The molecular formula is C14H20FNO2S2. The molecule has 1 unspecified atom stereocenters. The SMILES string of the molecule is CCOC(=O)C(N)CCSCCSc1ccc(F)cc1. The van der Waals surface area contributed by atoms with Crippen molar-refractivity contribution in [1.82, 2.24) is 0 Å². The molecule has 20 heavy (non-hydrogen) atoms. The highest BCUT2D eigenvalue weighted by molar-refractivity contribution is 8.02. The number of thioether (sulfide) groups is 2. The first-order valence-electron chi connectivity index (χ1n) is 6.51. The molecule has 1 atom stereocenters. The van der Waals surface area contributed by atoms with E-state index in [1.54, 1.807) is 42.6 Å². The normalized spacial score (nSPS) is 12.2. The van der Waals surface area contributed by atoms with Crippen molar-refractivity contribution in [3.05, 3.63) is 30.1 Å². The summed E-state index contributed by atoms with van der Waals surface area (Å²) in [5.41, 5.74) is 5.69. The van der Waals surface area contributed by atoms with E-state index in [0.717, 1.165) is 22.2 Å². The first kappa shape index (κ1) is 17.3. The molecule has 1 aromatic carbocycles. The smallest absolute Gasteiger partial charge is 0.322 e. The van der Waals surface area contributed by atoms with Crippen LogP contribution in [0.5, 0.6) is 0 Å². The fourth-order valence-electron chi connectivity index (χ4n) is 1.43. The number of carbonyl (C=O) groups is 1. The van der Waals surface area contributed by atoms with Crippen molar-refractivity contribution >= 4 is 29.5 Å². The number of carbonyl (C=O) groups excluding carboxylic acids is 1. The quantitative estimate of drug-likeness (QED) is 0.431. The number of hydrogen-bond acceptors (Lipinski definition) is 5. The van der Waals surface area contributed by atoms with E-state index in [4.69, 9.17) is 10.5 Å². The van der Waals surface area contributed by atoms with Crippen molar-refractivity contribution in [3.8, 4) is 0 Å². The summed E-state index contributed by atoms with van der Waals surface area (Å²) >= 11 is 3.45. The van der Waals surface area contributed by atoms with Gasteiger partial charge in [-0.15, -0.1) is 11.8 Å². The van der Waals surface area contributed by atoms with Crippen LogP contribution >= 0.6 is 23.5 Å². The summed E-state index contributed by atoms with van der Waals surface area (Å²) in [5.74, 6) is 2.22. The lowest BCUT2D eigenvalue weighted by Gasteiger charge is -2.09.